The zero-order valence-electron chi connectivity index (χ0n) is 20.7. The fourth-order valence-corrected chi connectivity index (χ4v) is 4.95. The van der Waals surface area contributed by atoms with Gasteiger partial charge in [-0.25, -0.2) is 4.79 Å². The first-order chi connectivity index (χ1) is 17.5. The molecule has 3 aromatic rings. The minimum atomic E-state index is -1.51. The first-order valence-electron chi connectivity index (χ1n) is 12.2. The summed E-state index contributed by atoms with van der Waals surface area (Å²) >= 11 is 2.00. The average molecular weight is 506 g/mol. The van der Waals surface area contributed by atoms with Gasteiger partial charge in [0, 0.05) is 22.6 Å². The Bertz CT molecular complexity index is 1030. The van der Waals surface area contributed by atoms with Crippen LogP contribution in [-0.2, 0) is 16.0 Å². The fraction of sp³-hybridized carbons (Fsp3) is 0.267. The van der Waals surface area contributed by atoms with Crippen LogP contribution in [0, 0.1) is 0 Å². The number of hydrogen-bond acceptors (Lipinski definition) is 4. The number of thioether (sulfide) groups is 1. The Labute approximate surface area is 218 Å². The zero-order valence-corrected chi connectivity index (χ0v) is 21.5. The molecular weight excluding hydrogens is 470 g/mol. The second-order valence-electron chi connectivity index (χ2n) is 8.35. The third-order valence-electron chi connectivity index (χ3n) is 5.59. The van der Waals surface area contributed by atoms with Gasteiger partial charge in [-0.3, -0.25) is 0 Å². The molecule has 0 heterocycles. The highest BCUT2D eigenvalue weighted by molar-refractivity contribution is 7.99. The van der Waals surface area contributed by atoms with Crippen LogP contribution >= 0.6 is 11.8 Å². The first-order valence-corrected chi connectivity index (χ1v) is 13.1. The van der Waals surface area contributed by atoms with E-state index in [9.17, 15) is 14.7 Å². The van der Waals surface area contributed by atoms with Crippen molar-refractivity contribution in [2.75, 3.05) is 6.54 Å². The molecule has 0 spiro atoms. The van der Waals surface area contributed by atoms with E-state index in [1.165, 1.54) is 41.8 Å². The van der Waals surface area contributed by atoms with Crippen molar-refractivity contribution in [3.63, 3.8) is 0 Å². The SMILES string of the molecule is CCC(Cc1ccccc1)[NH2+]CCCC(Sc1ccccc1)c1ccccc1.O=C([O-])/C=C/C(=O)O. The Balaban J connectivity index is 0.000000493. The molecule has 3 rings (SSSR count). The van der Waals surface area contributed by atoms with Gasteiger partial charge < -0.3 is 20.3 Å². The van der Waals surface area contributed by atoms with E-state index in [0.29, 0.717) is 23.4 Å². The third kappa shape index (κ3) is 12.4. The molecule has 0 aliphatic carbocycles. The van der Waals surface area contributed by atoms with E-state index < -0.39 is 11.9 Å². The maximum absolute atomic E-state index is 9.53. The van der Waals surface area contributed by atoms with E-state index in [1.807, 2.05) is 11.8 Å². The van der Waals surface area contributed by atoms with Gasteiger partial charge in [0.1, 0.15) is 0 Å². The molecule has 0 aliphatic rings. The molecule has 2 unspecified atom stereocenters. The van der Waals surface area contributed by atoms with Crippen LogP contribution in [0.5, 0.6) is 0 Å². The van der Waals surface area contributed by atoms with Crippen LogP contribution in [0.4, 0.5) is 0 Å². The molecule has 190 valence electrons. The van der Waals surface area contributed by atoms with Crippen LogP contribution in [0.15, 0.2) is 108 Å². The molecular formula is C30H35NO4S. The molecule has 2 atom stereocenters. The van der Waals surface area contributed by atoms with Crippen molar-refractivity contribution in [2.45, 2.75) is 48.8 Å². The van der Waals surface area contributed by atoms with Gasteiger partial charge in [0.2, 0.25) is 0 Å². The number of benzene rings is 3. The molecule has 5 nitrogen and oxygen atoms in total. The van der Waals surface area contributed by atoms with Gasteiger partial charge in [-0.15, -0.1) is 11.8 Å². The van der Waals surface area contributed by atoms with Crippen molar-refractivity contribution in [1.29, 1.82) is 0 Å². The molecule has 36 heavy (non-hydrogen) atoms. The lowest BCUT2D eigenvalue weighted by atomic mass is 10.0. The smallest absolute Gasteiger partial charge is 0.328 e. The summed E-state index contributed by atoms with van der Waals surface area (Å²) in [6, 6.07) is 33.3. The second-order valence-corrected chi connectivity index (χ2v) is 9.62. The van der Waals surface area contributed by atoms with Crippen molar-refractivity contribution in [3.05, 3.63) is 114 Å². The largest absolute Gasteiger partial charge is 0.545 e. The summed E-state index contributed by atoms with van der Waals surface area (Å²) < 4.78 is 0. The van der Waals surface area contributed by atoms with Gasteiger partial charge in [0.05, 0.1) is 18.6 Å². The summed E-state index contributed by atoms with van der Waals surface area (Å²) in [5, 5.41) is 20.3. The molecule has 6 heteroatoms. The lowest BCUT2D eigenvalue weighted by Crippen LogP contribution is -2.90. The molecule has 3 N–H and O–H groups in total. The average Bonchev–Trinajstić information content (AvgIpc) is 2.90. The number of rotatable bonds is 13. The molecule has 3 aromatic carbocycles. The quantitative estimate of drug-likeness (QED) is 0.206. The summed E-state index contributed by atoms with van der Waals surface area (Å²) in [5.74, 6) is -2.80. The standard InChI is InChI=1S/C26H31NS.C4H4O4/c1-2-24(21-22-13-6-3-7-14-22)27-20-12-19-26(23-15-8-4-9-16-23)28-25-17-10-5-11-18-25;5-3(6)1-2-4(7)8/h3-11,13-18,24,26-27H,2,12,19-21H2,1H3;1-2H,(H,5,6)(H,7,8)/b;2-1+. The lowest BCUT2D eigenvalue weighted by molar-refractivity contribution is -0.689. The van der Waals surface area contributed by atoms with E-state index in [0.717, 1.165) is 6.42 Å². The highest BCUT2D eigenvalue weighted by Gasteiger charge is 2.15. The van der Waals surface area contributed by atoms with Crippen LogP contribution < -0.4 is 10.4 Å². The monoisotopic (exact) mass is 505 g/mol. The molecule has 0 aliphatic heterocycles. The van der Waals surface area contributed by atoms with E-state index in [-0.39, 0.29) is 0 Å². The third-order valence-corrected chi connectivity index (χ3v) is 6.93. The zero-order chi connectivity index (χ0) is 26.0. The highest BCUT2D eigenvalue weighted by Crippen LogP contribution is 2.38. The van der Waals surface area contributed by atoms with Gasteiger partial charge in [-0.05, 0) is 48.6 Å². The molecule has 0 amide bonds. The Morgan fingerprint density at radius 2 is 1.50 bits per heavy atom. The lowest BCUT2D eigenvalue weighted by Gasteiger charge is -2.18. The summed E-state index contributed by atoms with van der Waals surface area (Å²) in [5.41, 5.74) is 2.89. The molecule has 0 radical (unpaired) electrons. The van der Waals surface area contributed by atoms with Gasteiger partial charge in [-0.1, -0.05) is 85.8 Å². The summed E-state index contributed by atoms with van der Waals surface area (Å²) in [4.78, 5) is 20.3. The van der Waals surface area contributed by atoms with Gasteiger partial charge in [0.15, 0.2) is 0 Å². The van der Waals surface area contributed by atoms with E-state index >= 15 is 0 Å². The maximum atomic E-state index is 9.53. The Morgan fingerprint density at radius 3 is 2.03 bits per heavy atom. The molecule has 0 saturated heterocycles. The number of aliphatic carboxylic acids is 2. The predicted octanol–water partition coefficient (Wildman–Crippen LogP) is 4.26. The van der Waals surface area contributed by atoms with Gasteiger partial charge in [-0.2, -0.15) is 0 Å². The number of carbonyl (C=O) groups excluding carboxylic acids is 1. The minimum Gasteiger partial charge on any atom is -0.545 e. The number of carboxylic acid groups (broad SMARTS) is 2. The van der Waals surface area contributed by atoms with Crippen LogP contribution in [0.3, 0.4) is 0 Å². The predicted molar refractivity (Wildman–Crippen MR) is 144 cm³/mol. The number of quaternary nitrogens is 1. The van der Waals surface area contributed by atoms with Crippen LogP contribution in [0.2, 0.25) is 0 Å². The fourth-order valence-electron chi connectivity index (χ4n) is 3.73. The number of carbonyl (C=O) groups is 2. The van der Waals surface area contributed by atoms with Crippen molar-refractivity contribution >= 4 is 23.7 Å². The second kappa shape index (κ2) is 17.1. The van der Waals surface area contributed by atoms with Crippen molar-refractivity contribution in [3.8, 4) is 0 Å². The topological polar surface area (TPSA) is 94.0 Å². The van der Waals surface area contributed by atoms with Crippen LogP contribution in [0.1, 0.15) is 42.6 Å². The van der Waals surface area contributed by atoms with Crippen LogP contribution in [-0.4, -0.2) is 29.6 Å². The van der Waals surface area contributed by atoms with Gasteiger partial charge >= 0.3 is 5.97 Å². The van der Waals surface area contributed by atoms with Gasteiger partial charge in [0.25, 0.3) is 0 Å². The normalized spacial score (nSPS) is 12.4. The molecule has 0 fully saturated rings. The molecule has 0 saturated carbocycles. The Hall–Kier alpha value is -3.35. The molecule has 0 bridgehead atoms. The number of hydrogen-bond donors (Lipinski definition) is 2. The summed E-state index contributed by atoms with van der Waals surface area (Å²) in [7, 11) is 0. The summed E-state index contributed by atoms with van der Waals surface area (Å²) in [6.45, 7) is 3.51. The van der Waals surface area contributed by atoms with Crippen molar-refractivity contribution in [2.24, 2.45) is 0 Å². The molecule has 0 aromatic heterocycles. The number of carboxylic acids is 2. The Kier molecular flexibility index (Phi) is 13.8. The first kappa shape index (κ1) is 28.9. The maximum Gasteiger partial charge on any atom is 0.328 e. The van der Waals surface area contributed by atoms with E-state index in [2.05, 4.69) is 103 Å². The van der Waals surface area contributed by atoms with E-state index in [4.69, 9.17) is 5.11 Å². The van der Waals surface area contributed by atoms with E-state index in [1.54, 1.807) is 0 Å². The highest BCUT2D eigenvalue weighted by atomic mass is 32.2. The summed E-state index contributed by atoms with van der Waals surface area (Å²) in [6.07, 6.45) is 5.78. The van der Waals surface area contributed by atoms with Crippen molar-refractivity contribution in [1.82, 2.24) is 0 Å². The Morgan fingerprint density at radius 1 is 0.917 bits per heavy atom. The van der Waals surface area contributed by atoms with Crippen LogP contribution in [0.25, 0.3) is 0 Å². The van der Waals surface area contributed by atoms with Crippen molar-refractivity contribution < 1.29 is 25.1 Å². The number of nitrogens with two attached hydrogens (primary N) is 1. The minimum absolute atomic E-state index is 0.447.